The predicted octanol–water partition coefficient (Wildman–Crippen LogP) is 17.6. The highest BCUT2D eigenvalue weighted by molar-refractivity contribution is 8.76. The Labute approximate surface area is 518 Å². The molecule has 1 aliphatic rings. The molecule has 1 saturated heterocycles. The molecule has 1 fully saturated rings. The van der Waals surface area contributed by atoms with Crippen molar-refractivity contribution >= 4 is 27.6 Å². The first-order valence-electron chi connectivity index (χ1n) is 36.2. The molecule has 1 aliphatic heterocycles. The number of carbonyl (C=O) groups excluding carboxylic acids is 1. The van der Waals surface area contributed by atoms with E-state index in [1.165, 1.54) is 224 Å². The van der Waals surface area contributed by atoms with Crippen LogP contribution in [0.5, 0.6) is 0 Å². The van der Waals surface area contributed by atoms with Gasteiger partial charge in [-0.25, -0.2) is 0 Å². The summed E-state index contributed by atoms with van der Waals surface area (Å²) < 4.78 is 5.71. The highest BCUT2D eigenvalue weighted by Crippen LogP contribution is 2.24. The van der Waals surface area contributed by atoms with Crippen molar-refractivity contribution in [1.29, 1.82) is 0 Å². The number of carbonyl (C=O) groups is 1. The van der Waals surface area contributed by atoms with Crippen LogP contribution in [0.25, 0.3) is 0 Å². The average Bonchev–Trinajstić information content (AvgIpc) is 3.49. The van der Waals surface area contributed by atoms with Crippen LogP contribution in [-0.2, 0) is 9.53 Å². The maximum absolute atomic E-state index is 12.8. The molecule has 490 valence electrons. The van der Waals surface area contributed by atoms with E-state index in [0.29, 0.717) is 39.2 Å². The molecule has 0 radical (unpaired) electrons. The number of hydrogen-bond acceptors (Lipinski definition) is 12. The number of unbranched alkanes of at least 4 members (excludes halogenated alkanes) is 34. The van der Waals surface area contributed by atoms with E-state index in [1.807, 2.05) is 21.6 Å². The zero-order valence-electron chi connectivity index (χ0n) is 55.2. The Bertz CT molecular complexity index is 1230. The summed E-state index contributed by atoms with van der Waals surface area (Å²) in [5.41, 5.74) is 0. The van der Waals surface area contributed by atoms with Crippen molar-refractivity contribution in [3.8, 4) is 0 Å². The fourth-order valence-corrected chi connectivity index (χ4v) is 14.2. The van der Waals surface area contributed by atoms with Crippen molar-refractivity contribution in [2.45, 2.75) is 347 Å². The third-order valence-electron chi connectivity index (χ3n) is 17.4. The van der Waals surface area contributed by atoms with Crippen molar-refractivity contribution in [3.05, 3.63) is 0 Å². The van der Waals surface area contributed by atoms with E-state index in [9.17, 15) is 25.2 Å². The van der Waals surface area contributed by atoms with Gasteiger partial charge in [0.1, 0.15) is 6.61 Å². The van der Waals surface area contributed by atoms with Crippen LogP contribution in [0.4, 0.5) is 0 Å². The van der Waals surface area contributed by atoms with Crippen LogP contribution in [0.3, 0.4) is 0 Å². The van der Waals surface area contributed by atoms with Gasteiger partial charge < -0.3 is 30.1 Å². The van der Waals surface area contributed by atoms with Crippen LogP contribution >= 0.6 is 21.6 Å². The lowest BCUT2D eigenvalue weighted by Crippen LogP contribution is -2.47. The minimum Gasteiger partial charge on any atom is -0.464 e. The number of ether oxygens (including phenoxy) is 1. The van der Waals surface area contributed by atoms with Crippen LogP contribution in [0.15, 0.2) is 0 Å². The van der Waals surface area contributed by atoms with E-state index in [1.54, 1.807) is 0 Å². The Morgan fingerprint density at radius 1 is 0.366 bits per heavy atom. The van der Waals surface area contributed by atoms with Gasteiger partial charge in [-0.05, 0) is 77.4 Å². The molecule has 0 saturated carbocycles. The highest BCUT2D eigenvalue weighted by Gasteiger charge is 2.20. The summed E-state index contributed by atoms with van der Waals surface area (Å²) in [7, 11) is 4.03. The van der Waals surface area contributed by atoms with Crippen molar-refractivity contribution in [1.82, 2.24) is 19.6 Å². The zero-order valence-corrected chi connectivity index (χ0v) is 56.8. The summed E-state index contributed by atoms with van der Waals surface area (Å²) in [6.45, 7) is 20.0. The van der Waals surface area contributed by atoms with E-state index < -0.39 is 0 Å². The molecule has 0 aromatic heterocycles. The largest absolute Gasteiger partial charge is 0.464 e. The second kappa shape index (κ2) is 62.5. The number of rotatable bonds is 66. The number of nitrogens with zero attached hydrogens (tertiary/aromatic N) is 4. The Morgan fingerprint density at radius 2 is 0.646 bits per heavy atom. The molecular weight excluding hydrogens is 1060 g/mol. The first-order valence-corrected chi connectivity index (χ1v) is 38.7. The van der Waals surface area contributed by atoms with E-state index >= 15 is 0 Å². The molecule has 0 aliphatic carbocycles. The number of aliphatic hydroxyl groups excluding tert-OH is 4. The summed E-state index contributed by atoms with van der Waals surface area (Å²) in [5.74, 6) is 2.21. The average molecular weight is 1200 g/mol. The molecule has 12 heteroatoms. The number of piperazine rings is 1. The van der Waals surface area contributed by atoms with Gasteiger partial charge in [0.15, 0.2) is 0 Å². The number of aliphatic hydroxyl groups is 4. The van der Waals surface area contributed by atoms with E-state index in [0.717, 1.165) is 129 Å². The van der Waals surface area contributed by atoms with E-state index in [-0.39, 0.29) is 30.4 Å². The lowest BCUT2D eigenvalue weighted by molar-refractivity contribution is -0.144. The monoisotopic (exact) mass is 1200 g/mol. The smallest absolute Gasteiger partial charge is 0.305 e. The molecule has 4 unspecified atom stereocenters. The molecule has 0 spiro atoms. The maximum Gasteiger partial charge on any atom is 0.305 e. The number of hydrogen-bond donors (Lipinski definition) is 4. The topological polar surface area (TPSA) is 120 Å². The van der Waals surface area contributed by atoms with Gasteiger partial charge in [-0.1, -0.05) is 280 Å². The van der Waals surface area contributed by atoms with Gasteiger partial charge in [0.25, 0.3) is 0 Å². The van der Waals surface area contributed by atoms with Crippen molar-refractivity contribution in [2.75, 3.05) is 96.6 Å². The Kier molecular flexibility index (Phi) is 60.8. The lowest BCUT2D eigenvalue weighted by atomic mass is 10.0. The van der Waals surface area contributed by atoms with Gasteiger partial charge >= 0.3 is 5.97 Å². The highest BCUT2D eigenvalue weighted by atomic mass is 33.1. The zero-order chi connectivity index (χ0) is 59.5. The van der Waals surface area contributed by atoms with Gasteiger partial charge in [-0.2, -0.15) is 0 Å². The normalized spacial score (nSPS) is 15.0. The molecule has 4 N–H and O–H groups in total. The molecule has 0 aromatic rings. The van der Waals surface area contributed by atoms with Gasteiger partial charge in [0.05, 0.1) is 24.4 Å². The summed E-state index contributed by atoms with van der Waals surface area (Å²) in [6.07, 6.45) is 54.1. The summed E-state index contributed by atoms with van der Waals surface area (Å²) in [6, 6.07) is 0. The molecule has 0 bridgehead atoms. The first kappa shape index (κ1) is 79.9. The van der Waals surface area contributed by atoms with Gasteiger partial charge in [0, 0.05) is 76.8 Å². The fraction of sp³-hybridized carbons (Fsp3) is 0.986. The Balaban J connectivity index is 2.31. The lowest BCUT2D eigenvalue weighted by Gasteiger charge is -2.34. The SMILES string of the molecule is CCCCCCCCCCCCC(O)CN(CCCCSSCCCN1CCN(CCOC(=O)CCCCN(CC(O)CCCCCCCCCC)CC(O)CCCCCCCCCC)CC1)CC(O)CCCCCCCCCCCC. The molecule has 1 heterocycles. The van der Waals surface area contributed by atoms with Crippen LogP contribution in [0.2, 0.25) is 0 Å². The fourth-order valence-electron chi connectivity index (χ4n) is 12.0. The minimum atomic E-state index is -0.373. The Hall–Kier alpha value is -0.150. The standard InChI is InChI=1S/C70H142N4O6S2/c1-5-9-13-17-21-25-27-31-35-39-48-68(77)64-74(65-69(78)49-40-36-32-28-26-22-18-14-10-6-2)52-43-44-60-81-82-61-45-53-71-54-56-72(57-55-71)58-59-80-70(79)50-41-42-51-73(62-66(75)46-37-33-29-23-19-15-11-7-3)63-67(76)47-38-34-30-24-20-16-12-8-4/h66-69,75-78H,5-65H2,1-4H3. The van der Waals surface area contributed by atoms with Crippen LogP contribution < -0.4 is 0 Å². The number of esters is 1. The third kappa shape index (κ3) is 55.2. The predicted molar refractivity (Wildman–Crippen MR) is 361 cm³/mol. The molecule has 0 amide bonds. The Morgan fingerprint density at radius 3 is 0.976 bits per heavy atom. The van der Waals surface area contributed by atoms with Crippen LogP contribution in [0.1, 0.15) is 323 Å². The van der Waals surface area contributed by atoms with Crippen molar-refractivity contribution in [2.24, 2.45) is 0 Å². The molecule has 0 aromatic carbocycles. The van der Waals surface area contributed by atoms with Crippen molar-refractivity contribution < 1.29 is 30.0 Å². The summed E-state index contributed by atoms with van der Waals surface area (Å²) in [5, 5.41) is 44.2. The van der Waals surface area contributed by atoms with Crippen LogP contribution in [-0.4, -0.2) is 167 Å². The maximum atomic E-state index is 12.8. The second-order valence-corrected chi connectivity index (χ2v) is 28.4. The molecule has 82 heavy (non-hydrogen) atoms. The molecule has 10 nitrogen and oxygen atoms in total. The first-order chi connectivity index (χ1) is 40.2. The third-order valence-corrected chi connectivity index (χ3v) is 20.0. The molecule has 1 rings (SSSR count). The quantitative estimate of drug-likeness (QED) is 0.0264. The van der Waals surface area contributed by atoms with Crippen molar-refractivity contribution in [3.63, 3.8) is 0 Å². The van der Waals surface area contributed by atoms with Gasteiger partial charge in [0.2, 0.25) is 0 Å². The van der Waals surface area contributed by atoms with Crippen LogP contribution in [0, 0.1) is 0 Å². The molecular formula is C70H142N4O6S2. The minimum absolute atomic E-state index is 0.110. The van der Waals surface area contributed by atoms with Gasteiger partial charge in [-0.15, -0.1) is 0 Å². The molecule has 4 atom stereocenters. The van der Waals surface area contributed by atoms with E-state index in [2.05, 4.69) is 47.3 Å². The summed E-state index contributed by atoms with van der Waals surface area (Å²) in [4.78, 5) is 22.4. The van der Waals surface area contributed by atoms with Gasteiger partial charge in [-0.3, -0.25) is 19.5 Å². The summed E-state index contributed by atoms with van der Waals surface area (Å²) >= 11 is 0. The van der Waals surface area contributed by atoms with E-state index in [4.69, 9.17) is 4.74 Å². The second-order valence-electron chi connectivity index (χ2n) is 25.7.